The molecule has 1 aromatic carbocycles. The first-order valence-corrected chi connectivity index (χ1v) is 8.38. The maximum atomic E-state index is 6.21. The van der Waals surface area contributed by atoms with Gasteiger partial charge in [0.1, 0.15) is 0 Å². The zero-order valence-electron chi connectivity index (χ0n) is 12.4. The van der Waals surface area contributed by atoms with E-state index < -0.39 is 0 Å². The molecule has 3 atom stereocenters. The second kappa shape index (κ2) is 6.55. The summed E-state index contributed by atoms with van der Waals surface area (Å²) in [6.45, 7) is 5.40. The molecule has 3 rings (SSSR count). The van der Waals surface area contributed by atoms with Gasteiger partial charge in [0.25, 0.3) is 0 Å². The molecule has 116 valence electrons. The Morgan fingerprint density at radius 3 is 2.67 bits per heavy atom. The average molecular weight is 357 g/mol. The Bertz CT molecular complexity index is 505. The van der Waals surface area contributed by atoms with Crippen LogP contribution in [-0.2, 0) is 9.47 Å². The van der Waals surface area contributed by atoms with Crippen LogP contribution in [0.2, 0.25) is 0 Å². The lowest BCUT2D eigenvalue weighted by Crippen LogP contribution is -2.35. The Morgan fingerprint density at radius 2 is 1.95 bits per heavy atom. The molecule has 0 saturated carbocycles. The molecule has 0 aliphatic carbocycles. The normalized spacial score (nSPS) is 27.9. The molecule has 4 nitrogen and oxygen atoms in total. The highest BCUT2D eigenvalue weighted by Crippen LogP contribution is 2.42. The average Bonchev–Trinajstić information content (AvgIpc) is 2.94. The molecule has 0 N–H and O–H groups in total. The van der Waals surface area contributed by atoms with Gasteiger partial charge >= 0.3 is 0 Å². The van der Waals surface area contributed by atoms with E-state index in [1.54, 1.807) is 0 Å². The fourth-order valence-corrected chi connectivity index (χ4v) is 3.38. The topological polar surface area (TPSA) is 36.9 Å². The summed E-state index contributed by atoms with van der Waals surface area (Å²) < 4.78 is 23.9. The molecule has 1 saturated heterocycles. The van der Waals surface area contributed by atoms with Crippen LogP contribution >= 0.6 is 15.9 Å². The van der Waals surface area contributed by atoms with E-state index in [2.05, 4.69) is 29.8 Å². The summed E-state index contributed by atoms with van der Waals surface area (Å²) in [7, 11) is 0. The molecule has 1 aromatic rings. The molecule has 21 heavy (non-hydrogen) atoms. The number of ether oxygens (including phenoxy) is 4. The largest absolute Gasteiger partial charge is 0.454 e. The molecule has 2 aliphatic heterocycles. The van der Waals surface area contributed by atoms with E-state index in [9.17, 15) is 0 Å². The van der Waals surface area contributed by atoms with Crippen molar-refractivity contribution >= 4 is 15.9 Å². The number of rotatable bonds is 4. The van der Waals surface area contributed by atoms with Crippen LogP contribution in [0.25, 0.3) is 0 Å². The van der Waals surface area contributed by atoms with Crippen LogP contribution in [-0.4, -0.2) is 19.5 Å². The fourth-order valence-electron chi connectivity index (χ4n) is 2.87. The van der Waals surface area contributed by atoms with E-state index in [1.807, 2.05) is 12.1 Å². The quantitative estimate of drug-likeness (QED) is 0.800. The van der Waals surface area contributed by atoms with Gasteiger partial charge in [-0.05, 0) is 25.0 Å². The van der Waals surface area contributed by atoms with Gasteiger partial charge < -0.3 is 18.9 Å². The molecule has 0 aromatic heterocycles. The Kier molecular flexibility index (Phi) is 4.72. The molecule has 0 bridgehead atoms. The summed E-state index contributed by atoms with van der Waals surface area (Å²) in [5.41, 5.74) is 0.968. The summed E-state index contributed by atoms with van der Waals surface area (Å²) in [4.78, 5) is 0. The van der Waals surface area contributed by atoms with Crippen LogP contribution in [0.5, 0.6) is 11.5 Å². The highest BCUT2D eigenvalue weighted by atomic mass is 79.9. The third-order valence-corrected chi connectivity index (χ3v) is 4.82. The summed E-state index contributed by atoms with van der Waals surface area (Å²) in [5, 5.41) is 0. The Labute approximate surface area is 133 Å². The van der Waals surface area contributed by atoms with Crippen molar-refractivity contribution in [2.75, 3.05) is 13.4 Å². The first-order chi connectivity index (χ1) is 10.2. The van der Waals surface area contributed by atoms with E-state index in [1.165, 1.54) is 0 Å². The monoisotopic (exact) mass is 356 g/mol. The van der Waals surface area contributed by atoms with Crippen molar-refractivity contribution in [1.29, 1.82) is 0 Å². The summed E-state index contributed by atoms with van der Waals surface area (Å²) in [6, 6.07) is 3.87. The molecule has 0 unspecified atom stereocenters. The first kappa shape index (κ1) is 15.1. The number of fused-ring (bicyclic) bond motifs is 1. The van der Waals surface area contributed by atoms with Crippen LogP contribution < -0.4 is 9.47 Å². The SMILES string of the molecule is CCC[C@@H]1O[C@@H](c2cc3c(cc2Br)OCO3)OC[C@H]1CC. The van der Waals surface area contributed by atoms with Crippen LogP contribution in [0, 0.1) is 5.92 Å². The van der Waals surface area contributed by atoms with Gasteiger partial charge in [-0.15, -0.1) is 0 Å². The lowest BCUT2D eigenvalue weighted by molar-refractivity contribution is -0.243. The van der Waals surface area contributed by atoms with E-state index >= 15 is 0 Å². The Hall–Kier alpha value is -0.780. The predicted molar refractivity (Wildman–Crippen MR) is 82.5 cm³/mol. The molecule has 5 heteroatoms. The molecular formula is C16H21BrO4. The van der Waals surface area contributed by atoms with Crippen molar-refractivity contribution in [2.45, 2.75) is 45.5 Å². The fraction of sp³-hybridized carbons (Fsp3) is 0.625. The first-order valence-electron chi connectivity index (χ1n) is 7.59. The van der Waals surface area contributed by atoms with Crippen LogP contribution in [0.3, 0.4) is 0 Å². The van der Waals surface area contributed by atoms with Gasteiger partial charge in [-0.25, -0.2) is 0 Å². The molecule has 0 amide bonds. The van der Waals surface area contributed by atoms with Gasteiger partial charge in [0, 0.05) is 16.0 Å². The third kappa shape index (κ3) is 3.05. The van der Waals surface area contributed by atoms with Gasteiger partial charge in [0.2, 0.25) is 6.79 Å². The van der Waals surface area contributed by atoms with Crippen molar-refractivity contribution < 1.29 is 18.9 Å². The Balaban J connectivity index is 1.81. The van der Waals surface area contributed by atoms with Crippen molar-refractivity contribution in [1.82, 2.24) is 0 Å². The van der Waals surface area contributed by atoms with E-state index in [0.29, 0.717) is 5.92 Å². The van der Waals surface area contributed by atoms with E-state index in [0.717, 1.165) is 47.4 Å². The number of hydrogen-bond donors (Lipinski definition) is 0. The highest BCUT2D eigenvalue weighted by molar-refractivity contribution is 9.10. The minimum Gasteiger partial charge on any atom is -0.454 e. The van der Waals surface area contributed by atoms with Crippen LogP contribution in [0.1, 0.15) is 45.0 Å². The zero-order valence-corrected chi connectivity index (χ0v) is 14.0. The summed E-state index contributed by atoms with van der Waals surface area (Å²) >= 11 is 3.58. The number of benzene rings is 1. The van der Waals surface area contributed by atoms with Crippen molar-refractivity contribution in [2.24, 2.45) is 5.92 Å². The smallest absolute Gasteiger partial charge is 0.231 e. The standard InChI is InChI=1S/C16H21BrO4/c1-3-5-13-10(4-2)8-18-16(21-13)11-6-14-15(7-12(11)17)20-9-19-14/h6-7,10,13,16H,3-5,8-9H2,1-2H3/t10-,13+,16+/m1/s1. The predicted octanol–water partition coefficient (Wildman–Crippen LogP) is 4.42. The van der Waals surface area contributed by atoms with Crippen LogP contribution in [0.4, 0.5) is 0 Å². The molecule has 0 radical (unpaired) electrons. The van der Waals surface area contributed by atoms with Gasteiger partial charge in [0.15, 0.2) is 17.8 Å². The molecule has 1 fully saturated rings. The lowest BCUT2D eigenvalue weighted by atomic mass is 9.95. The van der Waals surface area contributed by atoms with Gasteiger partial charge in [-0.2, -0.15) is 0 Å². The van der Waals surface area contributed by atoms with Crippen molar-refractivity contribution in [3.8, 4) is 11.5 Å². The minimum absolute atomic E-state index is 0.260. The van der Waals surface area contributed by atoms with Gasteiger partial charge in [0.05, 0.1) is 12.7 Å². The second-order valence-corrected chi connectivity index (χ2v) is 6.38. The molecule has 2 aliphatic rings. The maximum absolute atomic E-state index is 6.21. The van der Waals surface area contributed by atoms with Crippen molar-refractivity contribution in [3.63, 3.8) is 0 Å². The molecular weight excluding hydrogens is 336 g/mol. The Morgan fingerprint density at radius 1 is 1.19 bits per heavy atom. The molecule has 0 spiro atoms. The lowest BCUT2D eigenvalue weighted by Gasteiger charge is -2.36. The van der Waals surface area contributed by atoms with Gasteiger partial charge in [-0.3, -0.25) is 0 Å². The van der Waals surface area contributed by atoms with E-state index in [-0.39, 0.29) is 19.2 Å². The van der Waals surface area contributed by atoms with Crippen molar-refractivity contribution in [3.05, 3.63) is 22.2 Å². The summed E-state index contributed by atoms with van der Waals surface area (Å²) in [6.07, 6.45) is 3.19. The third-order valence-electron chi connectivity index (χ3n) is 4.13. The van der Waals surface area contributed by atoms with Crippen LogP contribution in [0.15, 0.2) is 16.6 Å². The second-order valence-electron chi connectivity index (χ2n) is 5.52. The van der Waals surface area contributed by atoms with E-state index in [4.69, 9.17) is 18.9 Å². The highest BCUT2D eigenvalue weighted by Gasteiger charge is 2.33. The zero-order chi connectivity index (χ0) is 14.8. The minimum atomic E-state index is -0.340. The van der Waals surface area contributed by atoms with Gasteiger partial charge in [-0.1, -0.05) is 36.2 Å². The maximum Gasteiger partial charge on any atom is 0.231 e. The number of halogens is 1. The summed E-state index contributed by atoms with van der Waals surface area (Å²) in [5.74, 6) is 2.00. The molecule has 2 heterocycles. The number of hydrogen-bond acceptors (Lipinski definition) is 4.